The molecule has 0 amide bonds. The first-order chi connectivity index (χ1) is 4.83. The Hall–Kier alpha value is 1.20. The quantitative estimate of drug-likeness (QED) is 0.470. The topological polar surface area (TPSA) is 23.8 Å². The van der Waals surface area contributed by atoms with E-state index in [1.165, 1.54) is 12.8 Å². The minimum absolute atomic E-state index is 0. The van der Waals surface area contributed by atoms with Gasteiger partial charge in [-0.05, 0) is 0 Å². The minimum atomic E-state index is 0. The van der Waals surface area contributed by atoms with Crippen molar-refractivity contribution < 1.29 is 35.9 Å². The maximum Gasteiger partial charge on any atom is 2.00 e. The molecule has 0 saturated carbocycles. The maximum atomic E-state index is 6.25. The number of rotatable bonds is 2. The molecular formula is C9H18CuLi2N. The second-order valence-corrected chi connectivity index (χ2v) is 1.71. The Morgan fingerprint density at radius 1 is 1.00 bits per heavy atom. The fraction of sp³-hybridized carbons (Fsp3) is 0.667. The molecule has 0 saturated heterocycles. The molecule has 0 bridgehead atoms. The molecule has 0 fully saturated rings. The Labute approximate surface area is 119 Å². The number of hydrogen-bond donors (Lipinski definition) is 0. The molecule has 0 aromatic heterocycles. The van der Waals surface area contributed by atoms with Crippen LogP contribution in [0.3, 0.4) is 0 Å². The van der Waals surface area contributed by atoms with Crippen molar-refractivity contribution in [3.63, 3.8) is 0 Å². The van der Waals surface area contributed by atoms with Crippen LogP contribution >= 0.6 is 0 Å². The van der Waals surface area contributed by atoms with E-state index in [-0.39, 0.29) is 54.8 Å². The molecule has 0 aromatic rings. The predicted octanol–water partition coefficient (Wildman–Crippen LogP) is -0.0417. The zero-order valence-electron chi connectivity index (χ0n) is 9.49. The zero-order chi connectivity index (χ0) is 8.83. The van der Waals surface area contributed by atoms with Gasteiger partial charge in [0.2, 0.25) is 0 Å². The normalized spacial score (nSPS) is 4.77. The summed E-state index contributed by atoms with van der Waals surface area (Å²) in [5, 5.41) is 6.25. The largest absolute Gasteiger partial charge is 2.00 e. The van der Waals surface area contributed by atoms with Gasteiger partial charge in [0, 0.05) is 18.9 Å². The molecule has 1 nitrogen and oxygen atoms in total. The van der Waals surface area contributed by atoms with E-state index in [1.807, 2.05) is 0 Å². The summed E-state index contributed by atoms with van der Waals surface area (Å²) in [6, 6.07) is 0. The molecule has 0 N–H and O–H groups in total. The van der Waals surface area contributed by atoms with Crippen LogP contribution in [-0.4, -0.2) is 18.9 Å². The van der Waals surface area contributed by atoms with Crippen LogP contribution in [0.15, 0.2) is 0 Å². The Balaban J connectivity index is -0.0000000133. The van der Waals surface area contributed by atoms with E-state index in [4.69, 9.17) is 11.8 Å². The summed E-state index contributed by atoms with van der Waals surface area (Å²) in [6.07, 6.45) is 4.56. The van der Waals surface area contributed by atoms with Crippen LogP contribution in [0.2, 0.25) is 0 Å². The third-order valence-electron chi connectivity index (χ3n) is 0.707. The van der Waals surface area contributed by atoms with Gasteiger partial charge < -0.3 is 25.7 Å². The van der Waals surface area contributed by atoms with Gasteiger partial charge in [0.15, 0.2) is 0 Å². The van der Waals surface area contributed by atoms with Crippen LogP contribution in [-0.2, 0) is 17.1 Å². The van der Waals surface area contributed by atoms with Crippen LogP contribution < -0.4 is 18.9 Å². The summed E-state index contributed by atoms with van der Waals surface area (Å²) in [6.45, 7) is 16.2. The second kappa shape index (κ2) is 72.6. The van der Waals surface area contributed by atoms with Crippen LogP contribution in [0.5, 0.6) is 0 Å². The zero-order valence-corrected chi connectivity index (χ0v) is 10.4. The third kappa shape index (κ3) is 161. The van der Waals surface area contributed by atoms with Gasteiger partial charge in [-0.15, -0.1) is 0 Å². The molecule has 0 heterocycles. The van der Waals surface area contributed by atoms with Gasteiger partial charge in [-0.25, -0.2) is 0 Å². The Morgan fingerprint density at radius 3 is 1.08 bits per heavy atom. The van der Waals surface area contributed by atoms with E-state index in [0.29, 0.717) is 0 Å². The molecule has 0 aliphatic rings. The van der Waals surface area contributed by atoms with E-state index in [9.17, 15) is 0 Å². The number of hydrogen-bond acceptors (Lipinski definition) is 1. The molecule has 0 rings (SSSR count). The predicted molar refractivity (Wildman–Crippen MR) is 51.3 cm³/mol. The van der Waals surface area contributed by atoms with Crippen molar-refractivity contribution in [2.45, 2.75) is 39.5 Å². The molecule has 0 atom stereocenters. The van der Waals surface area contributed by atoms with E-state index in [1.54, 1.807) is 0 Å². The van der Waals surface area contributed by atoms with E-state index >= 15 is 0 Å². The van der Waals surface area contributed by atoms with E-state index < -0.39 is 0 Å². The van der Waals surface area contributed by atoms with Gasteiger partial charge in [0.1, 0.15) is 0 Å². The molecule has 2 radical (unpaired) electrons. The molecule has 72 valence electrons. The first-order valence-electron chi connectivity index (χ1n) is 3.64. The third-order valence-corrected chi connectivity index (χ3v) is 0.707. The minimum Gasteiger partial charge on any atom is -0.512 e. The Kier molecular flexibility index (Phi) is 206. The monoisotopic (exact) mass is 217 g/mol. The summed E-state index contributed by atoms with van der Waals surface area (Å²) in [5.41, 5.74) is 0. The summed E-state index contributed by atoms with van der Waals surface area (Å²) < 4.78 is 0. The van der Waals surface area contributed by atoms with Crippen molar-refractivity contribution in [2.75, 3.05) is 0 Å². The van der Waals surface area contributed by atoms with Crippen LogP contribution in [0.4, 0.5) is 0 Å². The standard InChI is InChI=1S/2C4H9.CN.Cu.2Li/c2*1-3-4-2;1-2;;;/h2*1,3-4H2,2H3;;;;/q3*-1;+2;;+1. The van der Waals surface area contributed by atoms with Gasteiger partial charge >= 0.3 is 35.9 Å². The molecule has 0 spiro atoms. The molecule has 0 unspecified atom stereocenters. The fourth-order valence-corrected chi connectivity index (χ4v) is 0. The Morgan fingerprint density at radius 2 is 1.08 bits per heavy atom. The summed E-state index contributed by atoms with van der Waals surface area (Å²) in [5.74, 6) is 0. The molecule has 4 heteroatoms. The first-order valence-corrected chi connectivity index (χ1v) is 3.64. The average molecular weight is 218 g/mol. The SMILES string of the molecule is [C-]#N.[CH2-]CCC.[CH2-]CCC.[Cu+2].[Li+].[Li]. The molecule has 0 aliphatic heterocycles. The van der Waals surface area contributed by atoms with Crippen molar-refractivity contribution in [3.8, 4) is 0 Å². The van der Waals surface area contributed by atoms with Crippen molar-refractivity contribution in [1.82, 2.24) is 0 Å². The van der Waals surface area contributed by atoms with Crippen LogP contribution in [0.25, 0.3) is 0 Å². The van der Waals surface area contributed by atoms with Gasteiger partial charge in [-0.1, -0.05) is 26.7 Å². The first kappa shape index (κ1) is 36.8. The van der Waals surface area contributed by atoms with Crippen LogP contribution in [0, 0.1) is 25.7 Å². The van der Waals surface area contributed by atoms with Crippen molar-refractivity contribution in [3.05, 3.63) is 20.4 Å². The molecule has 0 aromatic carbocycles. The van der Waals surface area contributed by atoms with E-state index in [2.05, 4.69) is 27.7 Å². The van der Waals surface area contributed by atoms with Crippen molar-refractivity contribution in [1.29, 1.82) is 5.26 Å². The summed E-state index contributed by atoms with van der Waals surface area (Å²) in [4.78, 5) is 0. The maximum absolute atomic E-state index is 6.25. The second-order valence-electron chi connectivity index (χ2n) is 1.71. The smallest absolute Gasteiger partial charge is 0.512 e. The van der Waals surface area contributed by atoms with Gasteiger partial charge in [-0.3, -0.25) is 0 Å². The van der Waals surface area contributed by atoms with E-state index in [0.717, 1.165) is 12.8 Å². The van der Waals surface area contributed by atoms with Gasteiger partial charge in [-0.2, -0.15) is 12.8 Å². The average Bonchev–Trinajstić information content (AvgIpc) is 2.08. The van der Waals surface area contributed by atoms with Gasteiger partial charge in [0.25, 0.3) is 0 Å². The molecule has 13 heavy (non-hydrogen) atoms. The van der Waals surface area contributed by atoms with Crippen molar-refractivity contribution >= 4 is 18.9 Å². The number of unbranched alkanes of at least 4 members (excludes halogenated alkanes) is 2. The number of nitrogens with zero attached hydrogens (tertiary/aromatic N) is 1. The fourth-order valence-electron chi connectivity index (χ4n) is 0. The summed E-state index contributed by atoms with van der Waals surface area (Å²) >= 11 is 0. The summed E-state index contributed by atoms with van der Waals surface area (Å²) in [7, 11) is 0. The van der Waals surface area contributed by atoms with Gasteiger partial charge in [0.05, 0.1) is 0 Å². The van der Waals surface area contributed by atoms with Crippen LogP contribution in [0.1, 0.15) is 39.5 Å². The van der Waals surface area contributed by atoms with Crippen molar-refractivity contribution in [2.24, 2.45) is 0 Å². The molecule has 0 aliphatic carbocycles. The molecular weight excluding hydrogens is 200 g/mol. The Bertz CT molecular complexity index is 44.1.